The fraction of sp³-hybridized carbons (Fsp3) is 0.793. The summed E-state index contributed by atoms with van der Waals surface area (Å²) in [5.41, 5.74) is 1.38. The van der Waals surface area contributed by atoms with E-state index in [4.69, 9.17) is 0 Å². The number of aryl methyl sites for hydroxylation is 1. The van der Waals surface area contributed by atoms with Gasteiger partial charge in [-0.05, 0) is 43.0 Å². The molecule has 1 aromatic rings. The molecule has 0 aliphatic heterocycles. The second kappa shape index (κ2) is 18.3. The maximum atomic E-state index is 11.6. The van der Waals surface area contributed by atoms with Crippen molar-refractivity contribution >= 4 is 10.1 Å². The number of hydrogen-bond donors (Lipinski definition) is 3. The van der Waals surface area contributed by atoms with Crippen LogP contribution >= 0.6 is 0 Å². The van der Waals surface area contributed by atoms with Crippen molar-refractivity contribution in [1.29, 1.82) is 0 Å². The predicted octanol–water partition coefficient (Wildman–Crippen LogP) is 8.56. The summed E-state index contributed by atoms with van der Waals surface area (Å²) in [4.78, 5) is -0.0656. The molecule has 0 fully saturated rings. The Balaban J connectivity index is 0.0000116. The van der Waals surface area contributed by atoms with Gasteiger partial charge in [0.2, 0.25) is 0 Å². The van der Waals surface area contributed by atoms with E-state index in [0.717, 1.165) is 30.4 Å². The Morgan fingerprint density at radius 1 is 0.771 bits per heavy atom. The van der Waals surface area contributed by atoms with Gasteiger partial charge < -0.3 is 11.3 Å². The Bertz CT molecular complexity index is 775. The molecule has 5 nitrogen and oxygen atoms in total. The van der Waals surface area contributed by atoms with Crippen molar-refractivity contribution < 1.29 is 18.1 Å². The van der Waals surface area contributed by atoms with Crippen molar-refractivity contribution in [3.8, 4) is 0 Å². The van der Waals surface area contributed by atoms with Crippen molar-refractivity contribution in [1.82, 2.24) is 6.15 Å². The summed E-state index contributed by atoms with van der Waals surface area (Å²) in [6.45, 7) is 7.97. The minimum Gasteiger partial charge on any atom is -0.393 e. The lowest BCUT2D eigenvalue weighted by Gasteiger charge is -2.31. The Morgan fingerprint density at radius 3 is 1.54 bits per heavy atom. The normalized spacial score (nSPS) is 13.0. The summed E-state index contributed by atoms with van der Waals surface area (Å²) in [6.07, 6.45) is 21.3. The van der Waals surface area contributed by atoms with Gasteiger partial charge in [0.25, 0.3) is 10.1 Å². The molecule has 0 saturated heterocycles. The van der Waals surface area contributed by atoms with Crippen LogP contribution in [-0.4, -0.2) is 24.2 Å². The highest BCUT2D eigenvalue weighted by molar-refractivity contribution is 7.85. The fourth-order valence-corrected chi connectivity index (χ4v) is 5.19. The van der Waals surface area contributed by atoms with Crippen LogP contribution in [0.1, 0.15) is 142 Å². The van der Waals surface area contributed by atoms with Crippen LogP contribution < -0.4 is 6.15 Å². The first kappa shape index (κ1) is 34.0. The van der Waals surface area contributed by atoms with Crippen molar-refractivity contribution in [3.05, 3.63) is 29.3 Å². The Kier molecular flexibility index (Phi) is 17.8. The highest BCUT2D eigenvalue weighted by Crippen LogP contribution is 2.32. The minimum absolute atomic E-state index is 0. The predicted molar refractivity (Wildman–Crippen MR) is 149 cm³/mol. The molecule has 0 aromatic heterocycles. The smallest absolute Gasteiger partial charge is 0.294 e. The van der Waals surface area contributed by atoms with Gasteiger partial charge in [-0.1, -0.05) is 123 Å². The lowest BCUT2D eigenvalue weighted by Crippen LogP contribution is -2.32. The Labute approximate surface area is 216 Å². The molecule has 0 heterocycles. The van der Waals surface area contributed by atoms with Crippen LogP contribution in [-0.2, 0) is 22.0 Å². The topological polar surface area (TPSA) is 110 Å². The van der Waals surface area contributed by atoms with E-state index in [-0.39, 0.29) is 11.0 Å². The van der Waals surface area contributed by atoms with E-state index in [2.05, 4.69) is 6.92 Å². The van der Waals surface area contributed by atoms with Gasteiger partial charge in [-0.15, -0.1) is 0 Å². The summed E-state index contributed by atoms with van der Waals surface area (Å²) >= 11 is 0. The van der Waals surface area contributed by atoms with E-state index < -0.39 is 21.6 Å². The third-order valence-electron chi connectivity index (χ3n) is 7.41. The quantitative estimate of drug-likeness (QED) is 0.119. The summed E-state index contributed by atoms with van der Waals surface area (Å²) in [5.74, 6) is 0. The highest BCUT2D eigenvalue weighted by Gasteiger charge is 2.29. The zero-order valence-electron chi connectivity index (χ0n) is 23.2. The number of benzene rings is 1. The molecule has 0 aliphatic carbocycles. The zero-order chi connectivity index (χ0) is 25.5. The molecule has 206 valence electrons. The van der Waals surface area contributed by atoms with Gasteiger partial charge in [-0.25, -0.2) is 0 Å². The number of aliphatic hydroxyl groups excluding tert-OH is 1. The molecule has 0 bridgehead atoms. The van der Waals surface area contributed by atoms with Crippen LogP contribution in [0, 0.1) is 0 Å². The molecular formula is C29H55NO4S. The fourth-order valence-electron chi connectivity index (χ4n) is 4.65. The molecule has 0 aliphatic rings. The first-order valence-corrected chi connectivity index (χ1v) is 15.3. The van der Waals surface area contributed by atoms with Crippen molar-refractivity contribution in [2.45, 2.75) is 153 Å². The number of aliphatic hydroxyl groups is 1. The lowest BCUT2D eigenvalue weighted by molar-refractivity contribution is 0.117. The van der Waals surface area contributed by atoms with Crippen LogP contribution in [0.2, 0.25) is 0 Å². The molecule has 1 unspecified atom stereocenters. The molecule has 0 amide bonds. The van der Waals surface area contributed by atoms with Crippen molar-refractivity contribution in [2.75, 3.05) is 0 Å². The molecular weight excluding hydrogens is 458 g/mol. The van der Waals surface area contributed by atoms with E-state index in [1.165, 1.54) is 96.0 Å². The largest absolute Gasteiger partial charge is 0.393 e. The maximum Gasteiger partial charge on any atom is 0.294 e. The van der Waals surface area contributed by atoms with E-state index in [0.29, 0.717) is 0 Å². The van der Waals surface area contributed by atoms with Crippen LogP contribution in [0.4, 0.5) is 0 Å². The average molecular weight is 514 g/mol. The second-order valence-corrected chi connectivity index (χ2v) is 12.2. The molecule has 0 spiro atoms. The van der Waals surface area contributed by atoms with Gasteiger partial charge in [0.05, 0.1) is 11.0 Å². The molecule has 35 heavy (non-hydrogen) atoms. The average Bonchev–Trinajstić information content (AvgIpc) is 2.77. The third-order valence-corrected chi connectivity index (χ3v) is 8.26. The summed E-state index contributed by atoms with van der Waals surface area (Å²) in [6, 6.07) is 4.77. The molecule has 6 heteroatoms. The SMILES string of the molecule is CCCCCCCCCCCCCCCCCCc1cc(S(=O)(=O)O)ccc1C(C)(C)C(C)O.N. The molecule has 1 atom stereocenters. The van der Waals surface area contributed by atoms with Gasteiger partial charge >= 0.3 is 0 Å². The number of unbranched alkanes of at least 4 members (excludes halogenated alkanes) is 15. The molecule has 0 radical (unpaired) electrons. The van der Waals surface area contributed by atoms with Crippen LogP contribution in [0.3, 0.4) is 0 Å². The summed E-state index contributed by atoms with van der Waals surface area (Å²) in [7, 11) is -4.23. The zero-order valence-corrected chi connectivity index (χ0v) is 24.0. The van der Waals surface area contributed by atoms with Gasteiger partial charge in [0.15, 0.2) is 0 Å². The molecule has 1 rings (SSSR count). The van der Waals surface area contributed by atoms with E-state index in [9.17, 15) is 18.1 Å². The van der Waals surface area contributed by atoms with Crippen LogP contribution in [0.15, 0.2) is 23.1 Å². The lowest BCUT2D eigenvalue weighted by atomic mass is 9.77. The van der Waals surface area contributed by atoms with Gasteiger partial charge in [0.1, 0.15) is 0 Å². The highest BCUT2D eigenvalue weighted by atomic mass is 32.2. The Hall–Kier alpha value is -0.950. The Morgan fingerprint density at radius 2 is 1.17 bits per heavy atom. The van der Waals surface area contributed by atoms with Crippen LogP contribution in [0.25, 0.3) is 0 Å². The number of rotatable bonds is 20. The summed E-state index contributed by atoms with van der Waals surface area (Å²) in [5, 5.41) is 10.2. The van der Waals surface area contributed by atoms with Crippen LogP contribution in [0.5, 0.6) is 0 Å². The minimum atomic E-state index is -4.23. The monoisotopic (exact) mass is 513 g/mol. The van der Waals surface area contributed by atoms with Gasteiger partial charge in [0, 0.05) is 5.41 Å². The number of hydrogen-bond acceptors (Lipinski definition) is 4. The van der Waals surface area contributed by atoms with Gasteiger partial charge in [-0.2, -0.15) is 8.42 Å². The van der Waals surface area contributed by atoms with E-state index in [1.807, 2.05) is 13.8 Å². The molecule has 1 aromatic carbocycles. The van der Waals surface area contributed by atoms with E-state index in [1.54, 1.807) is 19.1 Å². The van der Waals surface area contributed by atoms with Crippen molar-refractivity contribution in [2.24, 2.45) is 0 Å². The van der Waals surface area contributed by atoms with Gasteiger partial charge in [-0.3, -0.25) is 4.55 Å². The second-order valence-electron chi connectivity index (χ2n) is 10.7. The summed E-state index contributed by atoms with van der Waals surface area (Å²) < 4.78 is 32.7. The van der Waals surface area contributed by atoms with Crippen molar-refractivity contribution in [3.63, 3.8) is 0 Å². The molecule has 5 N–H and O–H groups in total. The standard InChI is InChI=1S/C29H52O4S.H3N/c1-5-6-7-8-9-10-11-12-13-14-15-16-17-18-19-20-21-26-24-27(34(31,32)33)22-23-28(26)29(3,4)25(2)30;/h22-25,30H,5-21H2,1-4H3,(H,31,32,33);1H3. The van der Waals surface area contributed by atoms with E-state index >= 15 is 0 Å². The first-order chi connectivity index (χ1) is 16.1. The first-order valence-electron chi connectivity index (χ1n) is 13.9. The maximum absolute atomic E-state index is 11.6. The molecule has 0 saturated carbocycles. The third kappa shape index (κ3) is 13.8.